The van der Waals surface area contributed by atoms with Crippen molar-refractivity contribution in [1.29, 1.82) is 0 Å². The van der Waals surface area contributed by atoms with E-state index in [2.05, 4.69) is 97.1 Å². The zero-order chi connectivity index (χ0) is 44.8. The highest BCUT2D eigenvalue weighted by Gasteiger charge is 2.52. The van der Waals surface area contributed by atoms with Gasteiger partial charge in [-0.25, -0.2) is 29.9 Å². The van der Waals surface area contributed by atoms with E-state index < -0.39 is 5.41 Å². The highest BCUT2D eigenvalue weighted by atomic mass is 16.3. The minimum Gasteiger partial charge on any atom is -0.455 e. The zero-order valence-electron chi connectivity index (χ0n) is 36.4. The smallest absolute Gasteiger partial charge is 0.167 e. The summed E-state index contributed by atoms with van der Waals surface area (Å²) in [6.07, 6.45) is 0. The van der Waals surface area contributed by atoms with Gasteiger partial charge < -0.3 is 4.42 Å². The third-order valence-corrected chi connectivity index (χ3v) is 13.6. The van der Waals surface area contributed by atoms with Crippen LogP contribution in [-0.4, -0.2) is 29.9 Å². The maximum Gasteiger partial charge on any atom is 0.167 e. The number of para-hydroxylation sites is 1. The third kappa shape index (κ3) is 5.66. The second-order valence-corrected chi connectivity index (χ2v) is 17.3. The van der Waals surface area contributed by atoms with Gasteiger partial charge in [0.25, 0.3) is 0 Å². The fraction of sp³-hybridized carbons (Fsp3) is 0.0164. The molecule has 68 heavy (non-hydrogen) atoms. The van der Waals surface area contributed by atoms with E-state index in [1.807, 2.05) is 121 Å². The van der Waals surface area contributed by atoms with Gasteiger partial charge in [0.15, 0.2) is 34.9 Å². The summed E-state index contributed by atoms with van der Waals surface area (Å²) in [4.78, 5) is 30.6. The van der Waals surface area contributed by atoms with Crippen LogP contribution < -0.4 is 0 Å². The molecule has 2 aliphatic carbocycles. The first-order valence-electron chi connectivity index (χ1n) is 22.8. The highest BCUT2D eigenvalue weighted by Crippen LogP contribution is 2.64. The molecule has 0 atom stereocenters. The number of aromatic nitrogens is 6. The van der Waals surface area contributed by atoms with Crippen LogP contribution in [0.4, 0.5) is 0 Å². The number of hydrogen-bond donors (Lipinski definition) is 0. The molecule has 316 valence electrons. The molecule has 3 heterocycles. The van der Waals surface area contributed by atoms with Gasteiger partial charge in [-0.1, -0.05) is 206 Å². The van der Waals surface area contributed by atoms with Gasteiger partial charge in [-0.3, -0.25) is 0 Å². The lowest BCUT2D eigenvalue weighted by atomic mass is 9.70. The minimum absolute atomic E-state index is 0.543. The van der Waals surface area contributed by atoms with E-state index in [0.29, 0.717) is 34.9 Å². The van der Waals surface area contributed by atoms with Crippen LogP contribution in [0.25, 0.3) is 113 Å². The molecule has 12 aromatic rings. The van der Waals surface area contributed by atoms with Crippen molar-refractivity contribution in [2.75, 3.05) is 0 Å². The van der Waals surface area contributed by atoms with Gasteiger partial charge in [-0.15, -0.1) is 0 Å². The normalized spacial score (nSPS) is 12.8. The maximum absolute atomic E-state index is 7.32. The average Bonchev–Trinajstić information content (AvgIpc) is 4.06. The molecule has 0 unspecified atom stereocenters. The quantitative estimate of drug-likeness (QED) is 0.164. The van der Waals surface area contributed by atoms with E-state index >= 15 is 0 Å². The van der Waals surface area contributed by atoms with Crippen molar-refractivity contribution in [3.05, 3.63) is 241 Å². The molecular weight excluding hydrogens is 833 g/mol. The number of furan rings is 1. The number of fused-ring (bicyclic) bond motifs is 14. The van der Waals surface area contributed by atoms with E-state index in [1.54, 1.807) is 0 Å². The van der Waals surface area contributed by atoms with Crippen LogP contribution in [0.1, 0.15) is 22.3 Å². The van der Waals surface area contributed by atoms with Crippen LogP contribution in [-0.2, 0) is 5.41 Å². The van der Waals surface area contributed by atoms with Crippen molar-refractivity contribution >= 4 is 21.9 Å². The first kappa shape index (κ1) is 38.1. The van der Waals surface area contributed by atoms with E-state index in [4.69, 9.17) is 34.3 Å². The largest absolute Gasteiger partial charge is 0.455 e. The predicted octanol–water partition coefficient (Wildman–Crippen LogP) is 14.3. The summed E-state index contributed by atoms with van der Waals surface area (Å²) in [6.45, 7) is 0. The van der Waals surface area contributed by atoms with Crippen molar-refractivity contribution in [3.63, 3.8) is 0 Å². The summed E-state index contributed by atoms with van der Waals surface area (Å²) in [6, 6.07) is 75.6. The van der Waals surface area contributed by atoms with Crippen molar-refractivity contribution in [2.24, 2.45) is 0 Å². The van der Waals surface area contributed by atoms with Crippen molar-refractivity contribution in [1.82, 2.24) is 29.9 Å². The Balaban J connectivity index is 1.03. The number of nitrogens with zero attached hydrogens (tertiary/aromatic N) is 6. The summed E-state index contributed by atoms with van der Waals surface area (Å²) in [5.41, 5.74) is 15.6. The lowest BCUT2D eigenvalue weighted by Gasteiger charge is -2.30. The molecule has 14 rings (SSSR count). The standard InChI is InChI=1S/C61H36N6O/c1-5-18-37(19-6-1)55-62-56(38-20-7-2-8-21-38)65-59(64-55)41-32-33-46-51(36-41)61(48-30-15-13-26-42(48)43-27-14-16-31-49(43)61)50-35-34-45-44-28-17-29-47(53(44)68-54(45)52(46)50)60-66-57(39-22-9-3-10-23-39)63-58(67-60)40-24-11-4-12-25-40/h1-36H. The molecule has 0 N–H and O–H groups in total. The van der Waals surface area contributed by atoms with E-state index in [9.17, 15) is 0 Å². The van der Waals surface area contributed by atoms with Gasteiger partial charge in [0.1, 0.15) is 11.2 Å². The van der Waals surface area contributed by atoms with Gasteiger partial charge >= 0.3 is 0 Å². The van der Waals surface area contributed by atoms with Gasteiger partial charge in [0.2, 0.25) is 0 Å². The fourth-order valence-electron chi connectivity index (χ4n) is 10.7. The third-order valence-electron chi connectivity index (χ3n) is 13.6. The average molecular weight is 869 g/mol. The molecule has 7 nitrogen and oxygen atoms in total. The molecule has 0 saturated carbocycles. The second-order valence-electron chi connectivity index (χ2n) is 17.3. The Kier molecular flexibility index (Phi) is 8.36. The van der Waals surface area contributed by atoms with Crippen LogP contribution in [0, 0.1) is 0 Å². The maximum atomic E-state index is 7.32. The van der Waals surface area contributed by atoms with Crippen LogP contribution >= 0.6 is 0 Å². The first-order chi connectivity index (χ1) is 33.7. The summed E-state index contributed by atoms with van der Waals surface area (Å²) in [5, 5.41) is 2.01. The molecule has 0 fully saturated rings. The zero-order valence-corrected chi connectivity index (χ0v) is 36.4. The van der Waals surface area contributed by atoms with E-state index in [1.165, 1.54) is 27.8 Å². The minimum atomic E-state index is -0.662. The number of benzene rings is 9. The van der Waals surface area contributed by atoms with Gasteiger partial charge in [0, 0.05) is 44.2 Å². The number of hydrogen-bond acceptors (Lipinski definition) is 7. The molecule has 0 amide bonds. The monoisotopic (exact) mass is 868 g/mol. The van der Waals surface area contributed by atoms with Crippen LogP contribution in [0.2, 0.25) is 0 Å². The molecule has 1 spiro atoms. The summed E-state index contributed by atoms with van der Waals surface area (Å²) in [5.74, 6) is 3.58. The first-order valence-corrected chi connectivity index (χ1v) is 22.8. The van der Waals surface area contributed by atoms with Crippen LogP contribution in [0.5, 0.6) is 0 Å². The Bertz CT molecular complexity index is 3800. The van der Waals surface area contributed by atoms with E-state index in [0.717, 1.165) is 72.0 Å². The van der Waals surface area contributed by atoms with Gasteiger partial charge in [0.05, 0.1) is 11.0 Å². The van der Waals surface area contributed by atoms with Crippen LogP contribution in [0.15, 0.2) is 223 Å². The molecule has 9 aromatic carbocycles. The molecule has 0 aliphatic heterocycles. The SMILES string of the molecule is c1ccc(-c2nc(-c3ccccc3)nc(-c3ccc4c(c3)C3(c5ccccc5-c5ccccc53)c3ccc5c(oc6c(-c7nc(-c8ccccc8)nc(-c8ccccc8)n7)cccc65)c3-4)n2)cc1. The molecule has 7 heteroatoms. The Morgan fingerprint density at radius 3 is 1.21 bits per heavy atom. The molecule has 0 radical (unpaired) electrons. The van der Waals surface area contributed by atoms with Crippen molar-refractivity contribution in [2.45, 2.75) is 5.41 Å². The van der Waals surface area contributed by atoms with Crippen molar-refractivity contribution < 1.29 is 4.42 Å². The Labute approximate surface area is 391 Å². The molecule has 0 saturated heterocycles. The summed E-state index contributed by atoms with van der Waals surface area (Å²) in [7, 11) is 0. The van der Waals surface area contributed by atoms with Crippen molar-refractivity contribution in [3.8, 4) is 90.6 Å². The topological polar surface area (TPSA) is 90.5 Å². The molecule has 3 aromatic heterocycles. The van der Waals surface area contributed by atoms with Crippen LogP contribution in [0.3, 0.4) is 0 Å². The predicted molar refractivity (Wildman–Crippen MR) is 269 cm³/mol. The van der Waals surface area contributed by atoms with Gasteiger partial charge in [-0.2, -0.15) is 0 Å². The lowest BCUT2D eigenvalue weighted by molar-refractivity contribution is 0.669. The van der Waals surface area contributed by atoms with Gasteiger partial charge in [-0.05, 0) is 51.1 Å². The summed E-state index contributed by atoms with van der Waals surface area (Å²) >= 11 is 0. The highest BCUT2D eigenvalue weighted by molar-refractivity contribution is 6.15. The fourth-order valence-corrected chi connectivity index (χ4v) is 10.7. The molecule has 0 bridgehead atoms. The Morgan fingerprint density at radius 1 is 0.265 bits per heavy atom. The molecular formula is C61H36N6O. The summed E-state index contributed by atoms with van der Waals surface area (Å²) < 4.78 is 7.32. The number of rotatable bonds is 6. The Hall–Kier alpha value is -9.20. The lowest BCUT2D eigenvalue weighted by Crippen LogP contribution is -2.25. The van der Waals surface area contributed by atoms with E-state index in [-0.39, 0.29) is 0 Å². The molecule has 2 aliphatic rings. The Morgan fingerprint density at radius 2 is 0.691 bits per heavy atom. The second kappa shape index (κ2) is 14.9.